The first-order valence-corrected chi connectivity index (χ1v) is 14.7. The van der Waals surface area contributed by atoms with Crippen molar-refractivity contribution in [2.24, 2.45) is 5.92 Å². The van der Waals surface area contributed by atoms with Crippen LogP contribution < -0.4 is 9.62 Å². The molecule has 0 aliphatic carbocycles. The predicted octanol–water partition coefficient (Wildman–Crippen LogP) is 5.08. The molecule has 1 unspecified atom stereocenters. The van der Waals surface area contributed by atoms with E-state index in [9.17, 15) is 18.0 Å². The number of hydrogen-bond acceptors (Lipinski definition) is 4. The van der Waals surface area contributed by atoms with Gasteiger partial charge in [0.15, 0.2) is 0 Å². The minimum absolute atomic E-state index is 0.0883. The highest BCUT2D eigenvalue weighted by atomic mass is 32.2. The van der Waals surface area contributed by atoms with Crippen molar-refractivity contribution in [2.75, 3.05) is 17.4 Å². The highest BCUT2D eigenvalue weighted by Gasteiger charge is 2.33. The van der Waals surface area contributed by atoms with E-state index < -0.39 is 28.5 Å². The second-order valence-electron chi connectivity index (χ2n) is 10.2. The molecule has 39 heavy (non-hydrogen) atoms. The van der Waals surface area contributed by atoms with Crippen LogP contribution in [0.1, 0.15) is 43.9 Å². The molecule has 1 N–H and O–H groups in total. The Morgan fingerprint density at radius 3 is 2.13 bits per heavy atom. The summed E-state index contributed by atoms with van der Waals surface area (Å²) in [6.45, 7) is 9.97. The molecule has 208 valence electrons. The fraction of sp³-hybridized carbons (Fsp3) is 0.355. The zero-order valence-corrected chi connectivity index (χ0v) is 24.2. The molecule has 0 saturated carbocycles. The van der Waals surface area contributed by atoms with Crippen LogP contribution in [0.2, 0.25) is 0 Å². The number of aryl methyl sites for hydroxylation is 2. The van der Waals surface area contributed by atoms with Gasteiger partial charge in [-0.1, -0.05) is 86.5 Å². The van der Waals surface area contributed by atoms with Crippen LogP contribution in [0.3, 0.4) is 0 Å². The van der Waals surface area contributed by atoms with Gasteiger partial charge < -0.3 is 10.2 Å². The minimum Gasteiger partial charge on any atom is -0.354 e. The third kappa shape index (κ3) is 7.93. The number of sulfonamides is 1. The second-order valence-corrected chi connectivity index (χ2v) is 12.1. The smallest absolute Gasteiger partial charge is 0.264 e. The van der Waals surface area contributed by atoms with Crippen LogP contribution in [0.15, 0.2) is 83.8 Å². The molecule has 8 heteroatoms. The Morgan fingerprint density at radius 1 is 0.872 bits per heavy atom. The summed E-state index contributed by atoms with van der Waals surface area (Å²) in [5.74, 6) is -0.455. The number of nitrogens with zero attached hydrogens (tertiary/aromatic N) is 2. The van der Waals surface area contributed by atoms with Crippen LogP contribution in [0.25, 0.3) is 0 Å². The van der Waals surface area contributed by atoms with Crippen molar-refractivity contribution in [2.45, 2.75) is 58.5 Å². The quantitative estimate of drug-likeness (QED) is 0.341. The molecule has 0 aromatic heterocycles. The van der Waals surface area contributed by atoms with E-state index in [2.05, 4.69) is 5.32 Å². The van der Waals surface area contributed by atoms with Gasteiger partial charge in [-0.05, 0) is 56.0 Å². The fourth-order valence-electron chi connectivity index (χ4n) is 4.31. The first kappa shape index (κ1) is 29.9. The molecule has 0 radical (unpaired) electrons. The summed E-state index contributed by atoms with van der Waals surface area (Å²) in [6.07, 6.45) is 0.386. The van der Waals surface area contributed by atoms with Gasteiger partial charge >= 0.3 is 0 Å². The molecule has 0 aliphatic heterocycles. The molecule has 0 aliphatic rings. The SMILES string of the molecule is CCC(C(=O)NCC(C)C)N(Cc1cccc(C)c1)C(=O)CN(c1ccc(C)cc1)S(=O)(=O)c1ccccc1. The van der Waals surface area contributed by atoms with Crippen molar-refractivity contribution in [3.8, 4) is 0 Å². The van der Waals surface area contributed by atoms with Gasteiger partial charge in [0, 0.05) is 13.1 Å². The Hall–Kier alpha value is -3.65. The predicted molar refractivity (Wildman–Crippen MR) is 156 cm³/mol. The molecule has 3 aromatic rings. The standard InChI is InChI=1S/C31H39N3O4S/c1-6-29(31(36)32-20-23(2)3)33(21-26-12-10-11-25(5)19-26)30(35)22-34(27-17-15-24(4)16-18-27)39(37,38)28-13-8-7-9-14-28/h7-19,23,29H,6,20-22H2,1-5H3,(H,32,36). The van der Waals surface area contributed by atoms with Gasteiger partial charge in [0.2, 0.25) is 11.8 Å². The van der Waals surface area contributed by atoms with Crippen molar-refractivity contribution in [3.05, 3.63) is 95.6 Å². The Bertz CT molecular complexity index is 1360. The Kier molecular flexibility index (Phi) is 10.3. The fourth-order valence-corrected chi connectivity index (χ4v) is 5.74. The zero-order valence-electron chi connectivity index (χ0n) is 23.4. The summed E-state index contributed by atoms with van der Waals surface area (Å²) in [4.78, 5) is 28.9. The van der Waals surface area contributed by atoms with E-state index in [-0.39, 0.29) is 23.3 Å². The zero-order chi connectivity index (χ0) is 28.6. The third-order valence-electron chi connectivity index (χ3n) is 6.44. The molecule has 0 bridgehead atoms. The van der Waals surface area contributed by atoms with Gasteiger partial charge in [0.1, 0.15) is 12.6 Å². The monoisotopic (exact) mass is 549 g/mol. The highest BCUT2D eigenvalue weighted by Crippen LogP contribution is 2.25. The maximum absolute atomic E-state index is 14.0. The van der Waals surface area contributed by atoms with E-state index in [1.807, 2.05) is 71.0 Å². The van der Waals surface area contributed by atoms with E-state index in [4.69, 9.17) is 0 Å². The topological polar surface area (TPSA) is 86.8 Å². The second kappa shape index (κ2) is 13.4. The van der Waals surface area contributed by atoms with Gasteiger partial charge in [-0.25, -0.2) is 8.42 Å². The van der Waals surface area contributed by atoms with Crippen LogP contribution in [0, 0.1) is 19.8 Å². The molecular weight excluding hydrogens is 510 g/mol. The molecule has 3 rings (SSSR count). The molecule has 0 fully saturated rings. The van der Waals surface area contributed by atoms with E-state index in [1.165, 1.54) is 17.0 Å². The summed E-state index contributed by atoms with van der Waals surface area (Å²) in [5, 5.41) is 2.95. The summed E-state index contributed by atoms with van der Waals surface area (Å²) >= 11 is 0. The van der Waals surface area contributed by atoms with Crippen LogP contribution in [-0.2, 0) is 26.2 Å². The van der Waals surface area contributed by atoms with Crippen molar-refractivity contribution in [1.29, 1.82) is 0 Å². The third-order valence-corrected chi connectivity index (χ3v) is 8.23. The van der Waals surface area contributed by atoms with Crippen LogP contribution in [0.5, 0.6) is 0 Å². The molecule has 0 saturated heterocycles. The van der Waals surface area contributed by atoms with Gasteiger partial charge in [-0.15, -0.1) is 0 Å². The van der Waals surface area contributed by atoms with Gasteiger partial charge in [0.25, 0.3) is 10.0 Å². The summed E-state index contributed by atoms with van der Waals surface area (Å²) in [5.41, 5.74) is 3.25. The normalized spacial score (nSPS) is 12.2. The largest absolute Gasteiger partial charge is 0.354 e. The molecule has 2 amide bonds. The van der Waals surface area contributed by atoms with Crippen molar-refractivity contribution in [1.82, 2.24) is 10.2 Å². The Morgan fingerprint density at radius 2 is 1.54 bits per heavy atom. The Balaban J connectivity index is 2.03. The average molecular weight is 550 g/mol. The lowest BCUT2D eigenvalue weighted by Gasteiger charge is -2.33. The van der Waals surface area contributed by atoms with Gasteiger partial charge in [-0.3, -0.25) is 13.9 Å². The molecule has 7 nitrogen and oxygen atoms in total. The van der Waals surface area contributed by atoms with Gasteiger partial charge in [-0.2, -0.15) is 0 Å². The highest BCUT2D eigenvalue weighted by molar-refractivity contribution is 7.92. The number of benzene rings is 3. The van der Waals surface area contributed by atoms with Crippen molar-refractivity contribution < 1.29 is 18.0 Å². The lowest BCUT2D eigenvalue weighted by atomic mass is 10.1. The minimum atomic E-state index is -4.06. The molecule has 0 heterocycles. The summed E-state index contributed by atoms with van der Waals surface area (Å²) < 4.78 is 28.7. The van der Waals surface area contributed by atoms with Crippen molar-refractivity contribution in [3.63, 3.8) is 0 Å². The number of anilines is 1. The van der Waals surface area contributed by atoms with E-state index in [1.54, 1.807) is 30.3 Å². The first-order valence-electron chi connectivity index (χ1n) is 13.3. The number of nitrogens with one attached hydrogen (secondary N) is 1. The summed E-state index contributed by atoms with van der Waals surface area (Å²) in [7, 11) is -4.06. The van der Waals surface area contributed by atoms with Crippen molar-refractivity contribution >= 4 is 27.5 Å². The number of carbonyl (C=O) groups is 2. The maximum atomic E-state index is 14.0. The van der Waals surface area contributed by atoms with Gasteiger partial charge in [0.05, 0.1) is 10.6 Å². The molecule has 3 aromatic carbocycles. The molecule has 0 spiro atoms. The van der Waals surface area contributed by atoms with E-state index in [0.717, 1.165) is 21.0 Å². The lowest BCUT2D eigenvalue weighted by molar-refractivity contribution is -0.140. The van der Waals surface area contributed by atoms with Crippen LogP contribution in [0.4, 0.5) is 5.69 Å². The van der Waals surface area contributed by atoms with E-state index >= 15 is 0 Å². The van der Waals surface area contributed by atoms with Crippen LogP contribution in [-0.4, -0.2) is 44.3 Å². The number of hydrogen-bond donors (Lipinski definition) is 1. The van der Waals surface area contributed by atoms with Crippen LogP contribution >= 0.6 is 0 Å². The maximum Gasteiger partial charge on any atom is 0.264 e. The van der Waals surface area contributed by atoms with E-state index in [0.29, 0.717) is 18.7 Å². The number of carbonyl (C=O) groups excluding carboxylic acids is 2. The first-order chi connectivity index (χ1) is 18.5. The molecular formula is C31H39N3O4S. The number of amides is 2. The average Bonchev–Trinajstić information content (AvgIpc) is 2.91. The summed E-state index contributed by atoms with van der Waals surface area (Å²) in [6, 6.07) is 22.1. The Labute approximate surface area is 232 Å². The number of rotatable bonds is 12. The molecule has 1 atom stereocenters. The lowest BCUT2D eigenvalue weighted by Crippen LogP contribution is -2.52.